The van der Waals surface area contributed by atoms with Gasteiger partial charge < -0.3 is 20.3 Å². The van der Waals surface area contributed by atoms with Gasteiger partial charge in [0.15, 0.2) is 0 Å². The molecule has 0 aliphatic heterocycles. The van der Waals surface area contributed by atoms with Crippen LogP contribution >= 0.6 is 0 Å². The number of hydrogen-bond acceptors (Lipinski definition) is 7. The van der Waals surface area contributed by atoms with Gasteiger partial charge in [-0.25, -0.2) is 0 Å². The van der Waals surface area contributed by atoms with Gasteiger partial charge in [-0.3, -0.25) is 4.79 Å². The second-order valence-corrected chi connectivity index (χ2v) is 4.90. The first-order valence-electron chi connectivity index (χ1n) is 7.25. The molecule has 8 heteroatoms. The quantitative estimate of drug-likeness (QED) is 0.717. The van der Waals surface area contributed by atoms with Gasteiger partial charge in [-0.1, -0.05) is 0 Å². The lowest BCUT2D eigenvalue weighted by Crippen LogP contribution is -2.37. The SMILES string of the molecule is CCNc1nc(OCC)nc(N(C)CC(=O)NC2CC2)n1. The average Bonchev–Trinajstić information content (AvgIpc) is 3.23. The van der Waals surface area contributed by atoms with Gasteiger partial charge in [0.25, 0.3) is 0 Å². The lowest BCUT2D eigenvalue weighted by atomic mass is 10.5. The molecule has 2 N–H and O–H groups in total. The Morgan fingerprint density at radius 3 is 2.71 bits per heavy atom. The monoisotopic (exact) mass is 294 g/mol. The maximum atomic E-state index is 11.8. The summed E-state index contributed by atoms with van der Waals surface area (Å²) in [7, 11) is 1.77. The molecule has 1 aromatic heterocycles. The Morgan fingerprint density at radius 1 is 1.33 bits per heavy atom. The van der Waals surface area contributed by atoms with Crippen LogP contribution in [-0.4, -0.2) is 53.6 Å². The minimum Gasteiger partial charge on any atom is -0.464 e. The molecule has 0 aromatic carbocycles. The van der Waals surface area contributed by atoms with Crippen molar-refractivity contribution < 1.29 is 9.53 Å². The zero-order valence-electron chi connectivity index (χ0n) is 12.7. The summed E-state index contributed by atoms with van der Waals surface area (Å²) in [6, 6.07) is 0.605. The molecule has 1 amide bonds. The van der Waals surface area contributed by atoms with Crippen molar-refractivity contribution in [2.24, 2.45) is 0 Å². The van der Waals surface area contributed by atoms with Gasteiger partial charge in [-0.05, 0) is 26.7 Å². The Balaban J connectivity index is 2.05. The van der Waals surface area contributed by atoms with E-state index in [1.807, 2.05) is 13.8 Å². The third-order valence-corrected chi connectivity index (χ3v) is 2.88. The molecule has 116 valence electrons. The molecule has 0 radical (unpaired) electrons. The molecule has 0 spiro atoms. The maximum Gasteiger partial charge on any atom is 0.323 e. The summed E-state index contributed by atoms with van der Waals surface area (Å²) in [5.41, 5.74) is 0. The van der Waals surface area contributed by atoms with Gasteiger partial charge in [0, 0.05) is 19.6 Å². The van der Waals surface area contributed by atoms with E-state index in [0.717, 1.165) is 12.8 Å². The Kier molecular flexibility index (Phi) is 5.13. The van der Waals surface area contributed by atoms with E-state index in [0.29, 0.717) is 31.1 Å². The molecule has 1 fully saturated rings. The van der Waals surface area contributed by atoms with E-state index in [2.05, 4.69) is 25.6 Å². The fraction of sp³-hybridized carbons (Fsp3) is 0.692. The average molecular weight is 294 g/mol. The second kappa shape index (κ2) is 7.05. The standard InChI is InChI=1S/C13H22N6O2/c1-4-14-11-16-12(18-13(17-11)21-5-2)19(3)8-10(20)15-9-6-7-9/h9H,4-8H2,1-3H3,(H,15,20)(H,14,16,17,18). The maximum absolute atomic E-state index is 11.8. The van der Waals surface area contributed by atoms with Crippen LogP contribution in [0.2, 0.25) is 0 Å². The summed E-state index contributed by atoms with van der Waals surface area (Å²) < 4.78 is 5.33. The van der Waals surface area contributed by atoms with E-state index in [1.54, 1.807) is 11.9 Å². The summed E-state index contributed by atoms with van der Waals surface area (Å²) >= 11 is 0. The highest BCUT2D eigenvalue weighted by molar-refractivity contribution is 5.81. The van der Waals surface area contributed by atoms with E-state index in [4.69, 9.17) is 4.74 Å². The summed E-state index contributed by atoms with van der Waals surface area (Å²) in [6.07, 6.45) is 2.14. The first-order chi connectivity index (χ1) is 10.1. The Morgan fingerprint density at radius 2 is 2.10 bits per heavy atom. The molecular weight excluding hydrogens is 272 g/mol. The highest BCUT2D eigenvalue weighted by Crippen LogP contribution is 2.18. The summed E-state index contributed by atoms with van der Waals surface area (Å²) in [5.74, 6) is 0.833. The predicted molar refractivity (Wildman–Crippen MR) is 79.6 cm³/mol. The van der Waals surface area contributed by atoms with Crippen LogP contribution in [0.3, 0.4) is 0 Å². The summed E-state index contributed by atoms with van der Waals surface area (Å²) in [6.45, 7) is 5.19. The number of carbonyl (C=O) groups is 1. The fourth-order valence-electron chi connectivity index (χ4n) is 1.73. The first kappa shape index (κ1) is 15.3. The number of ether oxygens (including phenoxy) is 1. The Labute approximate surface area is 124 Å². The number of hydrogen-bond donors (Lipinski definition) is 2. The van der Waals surface area contributed by atoms with Crippen molar-refractivity contribution in [2.75, 3.05) is 37.0 Å². The number of aromatic nitrogens is 3. The van der Waals surface area contributed by atoms with Crippen molar-refractivity contribution in [2.45, 2.75) is 32.7 Å². The van der Waals surface area contributed by atoms with Crippen molar-refractivity contribution in [3.63, 3.8) is 0 Å². The Hall–Kier alpha value is -2.12. The highest BCUT2D eigenvalue weighted by atomic mass is 16.5. The molecule has 1 saturated carbocycles. The van der Waals surface area contributed by atoms with E-state index in [1.165, 1.54) is 0 Å². The molecule has 1 aliphatic rings. The molecule has 21 heavy (non-hydrogen) atoms. The number of likely N-dealkylation sites (N-methyl/N-ethyl adjacent to an activating group) is 1. The molecule has 0 atom stereocenters. The van der Waals surface area contributed by atoms with Crippen LogP contribution in [0.15, 0.2) is 0 Å². The molecule has 2 rings (SSSR count). The van der Waals surface area contributed by atoms with Crippen LogP contribution in [0, 0.1) is 0 Å². The number of carbonyl (C=O) groups excluding carboxylic acids is 1. The van der Waals surface area contributed by atoms with Gasteiger partial charge in [0.2, 0.25) is 17.8 Å². The minimum atomic E-state index is -0.0247. The molecular formula is C13H22N6O2. The normalized spacial score (nSPS) is 13.7. The highest BCUT2D eigenvalue weighted by Gasteiger charge is 2.24. The second-order valence-electron chi connectivity index (χ2n) is 4.90. The Bertz CT molecular complexity index is 467. The molecule has 8 nitrogen and oxygen atoms in total. The van der Waals surface area contributed by atoms with E-state index >= 15 is 0 Å². The van der Waals surface area contributed by atoms with Crippen molar-refractivity contribution >= 4 is 17.8 Å². The number of nitrogens with one attached hydrogen (secondary N) is 2. The van der Waals surface area contributed by atoms with Gasteiger partial charge in [0.1, 0.15) is 0 Å². The number of anilines is 2. The van der Waals surface area contributed by atoms with E-state index in [-0.39, 0.29) is 18.5 Å². The van der Waals surface area contributed by atoms with Crippen LogP contribution in [0.25, 0.3) is 0 Å². The zero-order valence-corrected chi connectivity index (χ0v) is 12.7. The molecule has 1 aromatic rings. The zero-order chi connectivity index (χ0) is 15.2. The topological polar surface area (TPSA) is 92.3 Å². The van der Waals surface area contributed by atoms with E-state index in [9.17, 15) is 4.79 Å². The number of rotatable bonds is 8. The predicted octanol–water partition coefficient (Wildman–Crippen LogP) is 0.417. The molecule has 1 heterocycles. The summed E-state index contributed by atoms with van der Waals surface area (Å²) in [5, 5.41) is 5.96. The van der Waals surface area contributed by atoms with Gasteiger partial charge in [0.05, 0.1) is 13.2 Å². The lowest BCUT2D eigenvalue weighted by molar-refractivity contribution is -0.119. The summed E-state index contributed by atoms with van der Waals surface area (Å²) in [4.78, 5) is 26.2. The van der Waals surface area contributed by atoms with Crippen molar-refractivity contribution in [1.82, 2.24) is 20.3 Å². The van der Waals surface area contributed by atoms with Gasteiger partial charge in [-0.2, -0.15) is 15.0 Å². The molecule has 0 saturated heterocycles. The van der Waals surface area contributed by atoms with E-state index < -0.39 is 0 Å². The van der Waals surface area contributed by atoms with Crippen LogP contribution < -0.4 is 20.3 Å². The van der Waals surface area contributed by atoms with Gasteiger partial charge in [-0.15, -0.1) is 0 Å². The van der Waals surface area contributed by atoms with Gasteiger partial charge >= 0.3 is 6.01 Å². The smallest absolute Gasteiger partial charge is 0.323 e. The van der Waals surface area contributed by atoms with Crippen molar-refractivity contribution in [1.29, 1.82) is 0 Å². The van der Waals surface area contributed by atoms with Crippen LogP contribution in [-0.2, 0) is 4.79 Å². The lowest BCUT2D eigenvalue weighted by Gasteiger charge is -2.17. The van der Waals surface area contributed by atoms with Crippen molar-refractivity contribution in [3.8, 4) is 6.01 Å². The van der Waals surface area contributed by atoms with Crippen LogP contribution in [0.4, 0.5) is 11.9 Å². The minimum absolute atomic E-state index is 0.0247. The third-order valence-electron chi connectivity index (χ3n) is 2.88. The molecule has 1 aliphatic carbocycles. The largest absolute Gasteiger partial charge is 0.464 e. The van der Waals surface area contributed by atoms with Crippen LogP contribution in [0.1, 0.15) is 26.7 Å². The molecule has 0 unspecified atom stereocenters. The fourth-order valence-corrected chi connectivity index (χ4v) is 1.73. The number of amides is 1. The third kappa shape index (κ3) is 4.73. The number of nitrogens with zero attached hydrogens (tertiary/aromatic N) is 4. The van der Waals surface area contributed by atoms with Crippen LogP contribution in [0.5, 0.6) is 6.01 Å². The molecule has 0 bridgehead atoms. The first-order valence-corrected chi connectivity index (χ1v) is 7.25. The van der Waals surface area contributed by atoms with Crippen molar-refractivity contribution in [3.05, 3.63) is 0 Å².